The van der Waals surface area contributed by atoms with Crippen LogP contribution in [0.25, 0.3) is 0 Å². The Morgan fingerprint density at radius 1 is 1.35 bits per heavy atom. The van der Waals surface area contributed by atoms with Crippen molar-refractivity contribution >= 4 is 23.7 Å². The predicted octanol–water partition coefficient (Wildman–Crippen LogP) is 3.14. The smallest absolute Gasteiger partial charge is 0.324 e. The Labute approximate surface area is 159 Å². The first-order chi connectivity index (χ1) is 12.5. The van der Waals surface area contributed by atoms with E-state index in [1.165, 1.54) is 48.0 Å². The minimum atomic E-state index is -0.276. The molecule has 0 radical (unpaired) electrons. The van der Waals surface area contributed by atoms with Crippen molar-refractivity contribution in [2.24, 2.45) is 17.8 Å². The third-order valence-electron chi connectivity index (χ3n) is 6.66. The predicted molar refractivity (Wildman–Crippen MR) is 101 cm³/mol. The van der Waals surface area contributed by atoms with E-state index in [4.69, 9.17) is 4.98 Å². The Hall–Kier alpha value is -1.50. The lowest BCUT2D eigenvalue weighted by Crippen LogP contribution is -2.35. The molecule has 7 heteroatoms. The largest absolute Gasteiger partial charge is 0.336 e. The topological polar surface area (TPSA) is 67.2 Å². The van der Waals surface area contributed by atoms with Gasteiger partial charge in [-0.2, -0.15) is 0 Å². The Morgan fingerprint density at radius 2 is 2.15 bits per heavy atom. The van der Waals surface area contributed by atoms with E-state index in [-0.39, 0.29) is 17.7 Å². The van der Waals surface area contributed by atoms with Crippen LogP contribution in [0.4, 0.5) is 4.79 Å². The fourth-order valence-electron chi connectivity index (χ4n) is 5.17. The number of nitrogens with one attached hydrogen (secondary N) is 1. The molecule has 4 rings (SSSR count). The first kappa shape index (κ1) is 17.9. The number of hydrogen-bond acceptors (Lipinski definition) is 4. The highest BCUT2D eigenvalue weighted by atomic mass is 32.2. The second-order valence-corrected chi connectivity index (χ2v) is 9.02. The summed E-state index contributed by atoms with van der Waals surface area (Å²) < 4.78 is 2.35. The summed E-state index contributed by atoms with van der Waals surface area (Å²) in [6.07, 6.45) is 5.51. The number of hydrogen-bond donors (Lipinski definition) is 1. The average Bonchev–Trinajstić information content (AvgIpc) is 3.38. The van der Waals surface area contributed by atoms with Gasteiger partial charge in [-0.15, -0.1) is 0 Å². The van der Waals surface area contributed by atoms with Crippen molar-refractivity contribution in [2.75, 3.05) is 18.8 Å². The van der Waals surface area contributed by atoms with Gasteiger partial charge in [0.15, 0.2) is 5.16 Å². The van der Waals surface area contributed by atoms with Crippen LogP contribution in [0.3, 0.4) is 0 Å². The number of imide groups is 1. The first-order valence-corrected chi connectivity index (χ1v) is 10.7. The summed E-state index contributed by atoms with van der Waals surface area (Å²) in [5.41, 5.74) is 2.24. The molecule has 4 atom stereocenters. The van der Waals surface area contributed by atoms with Gasteiger partial charge in [0.1, 0.15) is 0 Å². The van der Waals surface area contributed by atoms with E-state index in [9.17, 15) is 9.59 Å². The van der Waals surface area contributed by atoms with E-state index in [0.29, 0.717) is 19.1 Å². The summed E-state index contributed by atoms with van der Waals surface area (Å²) in [5, 5.41) is 3.60. The zero-order valence-corrected chi connectivity index (χ0v) is 16.6. The summed E-state index contributed by atoms with van der Waals surface area (Å²) in [7, 11) is 0. The second-order valence-electron chi connectivity index (χ2n) is 8.08. The summed E-state index contributed by atoms with van der Waals surface area (Å²) in [4.78, 5) is 30.1. The van der Waals surface area contributed by atoms with Crippen molar-refractivity contribution in [3.8, 4) is 0 Å². The van der Waals surface area contributed by atoms with Gasteiger partial charge in [0, 0.05) is 24.8 Å². The monoisotopic (exact) mass is 376 g/mol. The Morgan fingerprint density at radius 3 is 2.77 bits per heavy atom. The van der Waals surface area contributed by atoms with E-state index in [1.54, 1.807) is 0 Å². The number of carbonyl (C=O) groups excluding carboxylic acids is 2. The van der Waals surface area contributed by atoms with Crippen LogP contribution in [0, 0.1) is 31.6 Å². The third kappa shape index (κ3) is 3.04. The van der Waals surface area contributed by atoms with Gasteiger partial charge in [0.05, 0.1) is 11.4 Å². The molecule has 3 aliphatic rings. The van der Waals surface area contributed by atoms with Crippen LogP contribution in [0.1, 0.15) is 50.0 Å². The van der Waals surface area contributed by atoms with Gasteiger partial charge >= 0.3 is 6.03 Å². The normalized spacial score (nSPS) is 28.7. The van der Waals surface area contributed by atoms with Crippen LogP contribution < -0.4 is 5.32 Å². The van der Waals surface area contributed by atoms with E-state index >= 15 is 0 Å². The minimum absolute atomic E-state index is 0.137. The SMILES string of the molecule is Cc1nc(SCC(=O)N2CCNC2=O)n([C@@H](C)[C@@H]2C[C@H]3CC[C@H]2C3)c1C. The molecule has 0 spiro atoms. The molecule has 0 aromatic carbocycles. The Kier molecular flexibility index (Phi) is 4.75. The van der Waals surface area contributed by atoms with Crippen LogP contribution in [-0.4, -0.2) is 45.2 Å². The number of thioether (sulfide) groups is 1. The zero-order valence-electron chi connectivity index (χ0n) is 15.8. The molecule has 1 aromatic heterocycles. The summed E-state index contributed by atoms with van der Waals surface area (Å²) in [6, 6.07) is 0.140. The lowest BCUT2D eigenvalue weighted by atomic mass is 9.84. The molecule has 142 valence electrons. The van der Waals surface area contributed by atoms with Crippen molar-refractivity contribution in [1.29, 1.82) is 0 Å². The molecule has 3 fully saturated rings. The van der Waals surface area contributed by atoms with Crippen LogP contribution in [0.2, 0.25) is 0 Å². The number of aryl methyl sites for hydroxylation is 1. The molecule has 1 saturated heterocycles. The van der Waals surface area contributed by atoms with E-state index in [1.807, 2.05) is 6.92 Å². The van der Waals surface area contributed by atoms with Crippen LogP contribution in [0.5, 0.6) is 0 Å². The van der Waals surface area contributed by atoms with Gasteiger partial charge in [-0.25, -0.2) is 9.78 Å². The number of aromatic nitrogens is 2. The first-order valence-electron chi connectivity index (χ1n) is 9.72. The van der Waals surface area contributed by atoms with Crippen LogP contribution in [0.15, 0.2) is 5.16 Å². The average molecular weight is 377 g/mol. The lowest BCUT2D eigenvalue weighted by Gasteiger charge is -2.30. The van der Waals surface area contributed by atoms with Crippen molar-refractivity contribution in [3.05, 3.63) is 11.4 Å². The summed E-state index contributed by atoms with van der Waals surface area (Å²) >= 11 is 1.47. The molecule has 2 saturated carbocycles. The second kappa shape index (κ2) is 6.91. The molecule has 1 aliphatic heterocycles. The van der Waals surface area contributed by atoms with E-state index in [0.717, 1.165) is 28.6 Å². The quantitative estimate of drug-likeness (QED) is 0.802. The number of amides is 3. The third-order valence-corrected chi connectivity index (χ3v) is 7.59. The number of nitrogens with zero attached hydrogens (tertiary/aromatic N) is 3. The van der Waals surface area contributed by atoms with Gasteiger partial charge < -0.3 is 9.88 Å². The molecule has 26 heavy (non-hydrogen) atoms. The fourth-order valence-corrected chi connectivity index (χ4v) is 6.22. The van der Waals surface area contributed by atoms with Crippen molar-refractivity contribution in [2.45, 2.75) is 57.7 Å². The number of rotatable bonds is 5. The molecule has 2 bridgehead atoms. The number of imidazole rings is 1. The molecule has 0 unspecified atom stereocenters. The Balaban J connectivity index is 1.49. The summed E-state index contributed by atoms with van der Waals surface area (Å²) in [6.45, 7) is 7.50. The molecule has 6 nitrogen and oxygen atoms in total. The highest BCUT2D eigenvalue weighted by Gasteiger charge is 2.43. The van der Waals surface area contributed by atoms with Crippen LogP contribution in [-0.2, 0) is 4.79 Å². The highest BCUT2D eigenvalue weighted by molar-refractivity contribution is 7.99. The van der Waals surface area contributed by atoms with Crippen molar-refractivity contribution < 1.29 is 9.59 Å². The van der Waals surface area contributed by atoms with Gasteiger partial charge in [0.25, 0.3) is 0 Å². The molecule has 1 aromatic rings. The van der Waals surface area contributed by atoms with Crippen molar-refractivity contribution in [1.82, 2.24) is 19.8 Å². The van der Waals surface area contributed by atoms with Gasteiger partial charge in [-0.05, 0) is 57.8 Å². The van der Waals surface area contributed by atoms with Crippen LogP contribution >= 0.6 is 11.8 Å². The molecule has 2 heterocycles. The maximum Gasteiger partial charge on any atom is 0.324 e. The van der Waals surface area contributed by atoms with Gasteiger partial charge in [-0.1, -0.05) is 18.2 Å². The lowest BCUT2D eigenvalue weighted by molar-refractivity contribution is -0.124. The maximum absolute atomic E-state index is 12.4. The minimum Gasteiger partial charge on any atom is -0.336 e. The zero-order chi connectivity index (χ0) is 18.4. The molecular formula is C19H28N4O2S. The maximum atomic E-state index is 12.4. The Bertz CT molecular complexity index is 731. The molecule has 2 aliphatic carbocycles. The summed E-state index contributed by atoms with van der Waals surface area (Å²) in [5.74, 6) is 2.61. The number of fused-ring (bicyclic) bond motifs is 2. The molecule has 3 amide bonds. The fraction of sp³-hybridized carbons (Fsp3) is 0.737. The van der Waals surface area contributed by atoms with Gasteiger partial charge in [-0.3, -0.25) is 9.69 Å². The molecular weight excluding hydrogens is 348 g/mol. The molecule has 1 N–H and O–H groups in total. The number of carbonyl (C=O) groups is 2. The highest BCUT2D eigenvalue weighted by Crippen LogP contribution is 2.52. The standard InChI is InChI=1S/C19H28N4O2S/c1-11-12(2)23(13(3)16-9-14-4-5-15(16)8-14)19(21-11)26-10-17(24)22-7-6-20-18(22)25/h13-16H,4-10H2,1-3H3,(H,20,25)/t13-,14-,15-,16-/m0/s1. The van der Waals surface area contributed by atoms with Gasteiger partial charge in [0.2, 0.25) is 5.91 Å². The van der Waals surface area contributed by atoms with E-state index in [2.05, 4.69) is 23.7 Å². The number of urea groups is 1. The van der Waals surface area contributed by atoms with Crippen molar-refractivity contribution in [3.63, 3.8) is 0 Å². The van der Waals surface area contributed by atoms with E-state index < -0.39 is 0 Å².